The van der Waals surface area contributed by atoms with Gasteiger partial charge in [-0.25, -0.2) is 0 Å². The van der Waals surface area contributed by atoms with Crippen LogP contribution in [0.25, 0.3) is 10.2 Å². The molecule has 0 N–H and O–H groups in total. The zero-order valence-electron chi connectivity index (χ0n) is 12.3. The van der Waals surface area contributed by atoms with Crippen molar-refractivity contribution in [2.24, 2.45) is 0 Å². The van der Waals surface area contributed by atoms with Crippen molar-refractivity contribution in [3.63, 3.8) is 0 Å². The lowest BCUT2D eigenvalue weighted by Crippen LogP contribution is -2.29. The Morgan fingerprint density at radius 1 is 1.55 bits per heavy atom. The molecular formula is C15H17ClN2O3S. The summed E-state index contributed by atoms with van der Waals surface area (Å²) in [5.74, 6) is 0.0249. The minimum Gasteiger partial charge on any atom is -0.382 e. The average Bonchev–Trinajstić information content (AvgIpc) is 3.14. The van der Waals surface area contributed by atoms with Crippen LogP contribution in [0.2, 0.25) is 5.02 Å². The Kier molecular flexibility index (Phi) is 4.93. The summed E-state index contributed by atoms with van der Waals surface area (Å²) in [4.78, 5) is 19.3. The number of carbonyl (C=O) groups excluding carboxylic acids is 1. The molecule has 0 aromatic carbocycles. The number of nitrogens with zero attached hydrogens (tertiary/aromatic N) is 2. The molecule has 1 fully saturated rings. The van der Waals surface area contributed by atoms with Gasteiger partial charge in [0, 0.05) is 26.4 Å². The van der Waals surface area contributed by atoms with Crippen molar-refractivity contribution in [1.29, 1.82) is 0 Å². The summed E-state index contributed by atoms with van der Waals surface area (Å²) in [6.45, 7) is 2.47. The first-order chi connectivity index (χ1) is 10.7. The largest absolute Gasteiger partial charge is 0.382 e. The summed E-state index contributed by atoms with van der Waals surface area (Å²) in [7, 11) is 1.65. The van der Waals surface area contributed by atoms with Crippen molar-refractivity contribution in [3.05, 3.63) is 28.2 Å². The van der Waals surface area contributed by atoms with E-state index >= 15 is 0 Å². The van der Waals surface area contributed by atoms with Crippen molar-refractivity contribution in [3.8, 4) is 0 Å². The SMILES string of the molecule is COCCOC1CCN(C(=O)c2cc3nccc(Cl)c3s2)C1. The maximum atomic E-state index is 12.6. The third-order valence-electron chi connectivity index (χ3n) is 3.65. The third kappa shape index (κ3) is 3.25. The topological polar surface area (TPSA) is 51.7 Å². The average molecular weight is 341 g/mol. The van der Waals surface area contributed by atoms with E-state index in [1.807, 2.05) is 11.0 Å². The molecule has 3 rings (SSSR count). The third-order valence-corrected chi connectivity index (χ3v) is 5.22. The molecule has 1 unspecified atom stereocenters. The summed E-state index contributed by atoms with van der Waals surface area (Å²) in [5, 5.41) is 0.635. The Morgan fingerprint density at radius 3 is 3.18 bits per heavy atom. The Morgan fingerprint density at radius 2 is 2.41 bits per heavy atom. The van der Waals surface area contributed by atoms with Crippen molar-refractivity contribution in [1.82, 2.24) is 9.88 Å². The molecule has 0 spiro atoms. The number of aromatic nitrogens is 1. The zero-order valence-corrected chi connectivity index (χ0v) is 13.8. The summed E-state index contributed by atoms with van der Waals surface area (Å²) >= 11 is 7.54. The standard InChI is InChI=1S/C15H17ClN2O3S/c1-20-6-7-21-10-3-5-18(9-10)15(19)13-8-12-14(22-13)11(16)2-4-17-12/h2,4,8,10H,3,5-7,9H2,1H3. The van der Waals surface area contributed by atoms with E-state index in [1.54, 1.807) is 19.4 Å². The molecule has 2 aromatic rings. The molecule has 1 amide bonds. The van der Waals surface area contributed by atoms with Crippen LogP contribution in [-0.2, 0) is 9.47 Å². The maximum Gasteiger partial charge on any atom is 0.264 e. The van der Waals surface area contributed by atoms with Crippen LogP contribution in [0, 0.1) is 0 Å². The van der Waals surface area contributed by atoms with Crippen LogP contribution in [0.3, 0.4) is 0 Å². The first kappa shape index (κ1) is 15.7. The van der Waals surface area contributed by atoms with Crippen molar-refractivity contribution < 1.29 is 14.3 Å². The van der Waals surface area contributed by atoms with Crippen LogP contribution in [0.15, 0.2) is 18.3 Å². The van der Waals surface area contributed by atoms with Crippen molar-refractivity contribution in [2.75, 3.05) is 33.4 Å². The predicted octanol–water partition coefficient (Wildman–Crippen LogP) is 2.83. The number of halogens is 1. The van der Waals surface area contributed by atoms with Gasteiger partial charge < -0.3 is 14.4 Å². The molecule has 0 aliphatic carbocycles. The minimum absolute atomic E-state index is 0.0249. The van der Waals surface area contributed by atoms with E-state index in [2.05, 4.69) is 4.98 Å². The fourth-order valence-electron chi connectivity index (χ4n) is 2.52. The van der Waals surface area contributed by atoms with Gasteiger partial charge in [-0.2, -0.15) is 0 Å². The molecule has 1 atom stereocenters. The number of hydrogen-bond donors (Lipinski definition) is 0. The quantitative estimate of drug-likeness (QED) is 0.785. The van der Waals surface area contributed by atoms with Crippen LogP contribution >= 0.6 is 22.9 Å². The molecule has 1 saturated heterocycles. The highest BCUT2D eigenvalue weighted by Gasteiger charge is 2.28. The molecule has 2 aromatic heterocycles. The number of likely N-dealkylation sites (tertiary alicyclic amines) is 1. The molecule has 3 heterocycles. The second kappa shape index (κ2) is 6.91. The predicted molar refractivity (Wildman–Crippen MR) is 86.8 cm³/mol. The van der Waals surface area contributed by atoms with Crippen LogP contribution in [0.5, 0.6) is 0 Å². The number of fused-ring (bicyclic) bond motifs is 1. The number of methoxy groups -OCH3 is 1. The molecule has 118 valence electrons. The molecule has 7 heteroatoms. The van der Waals surface area contributed by atoms with Crippen LogP contribution in [0.1, 0.15) is 16.1 Å². The van der Waals surface area contributed by atoms with E-state index in [9.17, 15) is 4.79 Å². The number of pyridine rings is 1. The van der Waals surface area contributed by atoms with Crippen LogP contribution in [-0.4, -0.2) is 55.3 Å². The number of hydrogen-bond acceptors (Lipinski definition) is 5. The molecule has 5 nitrogen and oxygen atoms in total. The number of ether oxygens (including phenoxy) is 2. The van der Waals surface area contributed by atoms with Crippen LogP contribution < -0.4 is 0 Å². The van der Waals surface area contributed by atoms with Gasteiger partial charge in [0.2, 0.25) is 0 Å². The molecule has 0 bridgehead atoms. The second-order valence-corrected chi connectivity index (χ2v) is 6.60. The van der Waals surface area contributed by atoms with E-state index in [0.717, 1.165) is 16.6 Å². The van der Waals surface area contributed by atoms with E-state index in [-0.39, 0.29) is 12.0 Å². The number of carbonyl (C=O) groups is 1. The van der Waals surface area contributed by atoms with Crippen molar-refractivity contribution in [2.45, 2.75) is 12.5 Å². The Labute approximate surface area is 137 Å². The molecule has 22 heavy (non-hydrogen) atoms. The maximum absolute atomic E-state index is 12.6. The normalized spacial score (nSPS) is 18.3. The monoisotopic (exact) mass is 340 g/mol. The Balaban J connectivity index is 1.67. The Hall–Kier alpha value is -1.21. The second-order valence-electron chi connectivity index (χ2n) is 5.14. The zero-order chi connectivity index (χ0) is 15.5. The van der Waals surface area contributed by atoms with Gasteiger partial charge in [0.1, 0.15) is 0 Å². The smallest absolute Gasteiger partial charge is 0.264 e. The highest BCUT2D eigenvalue weighted by molar-refractivity contribution is 7.21. The lowest BCUT2D eigenvalue weighted by atomic mass is 10.3. The first-order valence-electron chi connectivity index (χ1n) is 7.13. The summed E-state index contributed by atoms with van der Waals surface area (Å²) in [6.07, 6.45) is 2.61. The fourth-order valence-corrected chi connectivity index (χ4v) is 3.77. The molecular weight excluding hydrogens is 324 g/mol. The first-order valence-corrected chi connectivity index (χ1v) is 8.32. The van der Waals surface area contributed by atoms with Gasteiger partial charge in [-0.1, -0.05) is 11.6 Å². The lowest BCUT2D eigenvalue weighted by molar-refractivity contribution is 0.0219. The summed E-state index contributed by atoms with van der Waals surface area (Å²) in [6, 6.07) is 3.55. The molecule has 0 saturated carbocycles. The number of amides is 1. The Bertz CT molecular complexity index is 676. The number of rotatable bonds is 5. The van der Waals surface area contributed by atoms with E-state index in [0.29, 0.717) is 36.2 Å². The molecule has 1 aliphatic heterocycles. The highest BCUT2D eigenvalue weighted by Crippen LogP contribution is 2.31. The highest BCUT2D eigenvalue weighted by atomic mass is 35.5. The van der Waals surface area contributed by atoms with Gasteiger partial charge in [0.15, 0.2) is 0 Å². The van der Waals surface area contributed by atoms with Gasteiger partial charge >= 0.3 is 0 Å². The fraction of sp³-hybridized carbons (Fsp3) is 0.467. The minimum atomic E-state index is 0.0249. The van der Waals surface area contributed by atoms with Crippen molar-refractivity contribution >= 4 is 39.1 Å². The van der Waals surface area contributed by atoms with Gasteiger partial charge in [-0.05, 0) is 18.6 Å². The molecule has 1 aliphatic rings. The lowest BCUT2D eigenvalue weighted by Gasteiger charge is -2.15. The summed E-state index contributed by atoms with van der Waals surface area (Å²) in [5.41, 5.74) is 0.771. The molecule has 0 radical (unpaired) electrons. The van der Waals surface area contributed by atoms with E-state index in [1.165, 1.54) is 11.3 Å². The van der Waals surface area contributed by atoms with Gasteiger partial charge in [-0.15, -0.1) is 11.3 Å². The number of thiophene rings is 1. The van der Waals surface area contributed by atoms with E-state index in [4.69, 9.17) is 21.1 Å². The van der Waals surface area contributed by atoms with Gasteiger partial charge in [-0.3, -0.25) is 9.78 Å². The van der Waals surface area contributed by atoms with Crippen LogP contribution in [0.4, 0.5) is 0 Å². The van der Waals surface area contributed by atoms with Gasteiger partial charge in [0.25, 0.3) is 5.91 Å². The van der Waals surface area contributed by atoms with Gasteiger partial charge in [0.05, 0.1) is 39.4 Å². The van der Waals surface area contributed by atoms with E-state index < -0.39 is 0 Å². The summed E-state index contributed by atoms with van der Waals surface area (Å²) < 4.78 is 11.5.